The fraction of sp³-hybridized carbons (Fsp3) is 0.542. The van der Waals surface area contributed by atoms with E-state index in [9.17, 15) is 14.4 Å². The van der Waals surface area contributed by atoms with Crippen molar-refractivity contribution >= 4 is 22.9 Å². The van der Waals surface area contributed by atoms with Crippen LogP contribution >= 0.6 is 0 Å². The van der Waals surface area contributed by atoms with Crippen LogP contribution in [0.25, 0.3) is 11.0 Å². The van der Waals surface area contributed by atoms with E-state index in [1.165, 1.54) is 6.07 Å². The molecule has 0 amide bonds. The van der Waals surface area contributed by atoms with E-state index in [4.69, 9.17) is 18.6 Å². The number of ether oxygens (including phenoxy) is 3. The first-order valence-electron chi connectivity index (χ1n) is 10.7. The van der Waals surface area contributed by atoms with Crippen LogP contribution in [0.4, 0.5) is 0 Å². The van der Waals surface area contributed by atoms with E-state index in [0.717, 1.165) is 0 Å². The number of esters is 2. The van der Waals surface area contributed by atoms with E-state index >= 15 is 0 Å². The maximum absolute atomic E-state index is 12.7. The lowest BCUT2D eigenvalue weighted by molar-refractivity contribution is -0.193. The van der Waals surface area contributed by atoms with Crippen molar-refractivity contribution in [2.45, 2.75) is 72.2 Å². The van der Waals surface area contributed by atoms with Crippen LogP contribution in [0.5, 0.6) is 5.75 Å². The highest BCUT2D eigenvalue weighted by molar-refractivity contribution is 5.84. The average Bonchev–Trinajstić information content (AvgIpc) is 2.68. The number of carbonyl (C=O) groups is 2. The summed E-state index contributed by atoms with van der Waals surface area (Å²) in [7, 11) is 0. The van der Waals surface area contributed by atoms with Crippen molar-refractivity contribution in [2.75, 3.05) is 0 Å². The zero-order chi connectivity index (χ0) is 22.9. The Labute approximate surface area is 181 Å². The van der Waals surface area contributed by atoms with Gasteiger partial charge in [0.15, 0.2) is 12.2 Å². The highest BCUT2D eigenvalue weighted by Gasteiger charge is 2.50. The predicted octanol–water partition coefficient (Wildman–Crippen LogP) is 4.55. The monoisotopic (exact) mass is 430 g/mol. The number of hydrogen-bond acceptors (Lipinski definition) is 7. The molecule has 0 saturated heterocycles. The summed E-state index contributed by atoms with van der Waals surface area (Å²) in [6.45, 7) is 11.1. The van der Waals surface area contributed by atoms with Gasteiger partial charge in [-0.3, -0.25) is 9.59 Å². The largest absolute Gasteiger partial charge is 0.483 e. The Morgan fingerprint density at radius 2 is 1.77 bits per heavy atom. The van der Waals surface area contributed by atoms with Gasteiger partial charge in [0.05, 0.1) is 11.5 Å². The molecule has 3 rings (SSSR count). The van der Waals surface area contributed by atoms with Gasteiger partial charge in [0, 0.05) is 17.9 Å². The molecule has 0 aliphatic carbocycles. The zero-order valence-corrected chi connectivity index (χ0v) is 18.9. The third-order valence-corrected chi connectivity index (χ3v) is 5.50. The van der Waals surface area contributed by atoms with E-state index < -0.39 is 35.4 Å². The number of rotatable bonds is 6. The third-order valence-electron chi connectivity index (χ3n) is 5.50. The molecule has 1 aromatic carbocycles. The van der Waals surface area contributed by atoms with Gasteiger partial charge in [-0.05, 0) is 44.4 Å². The van der Waals surface area contributed by atoms with Crippen LogP contribution in [0.15, 0.2) is 33.5 Å². The molecule has 0 fully saturated rings. The Morgan fingerprint density at radius 1 is 1.10 bits per heavy atom. The fourth-order valence-corrected chi connectivity index (χ4v) is 3.61. The highest BCUT2D eigenvalue weighted by atomic mass is 16.6. The normalized spacial score (nSPS) is 20.6. The lowest BCUT2D eigenvalue weighted by Gasteiger charge is -2.43. The van der Waals surface area contributed by atoms with Crippen molar-refractivity contribution < 1.29 is 28.2 Å². The topological polar surface area (TPSA) is 92.0 Å². The van der Waals surface area contributed by atoms with Crippen LogP contribution in [-0.4, -0.2) is 23.6 Å². The second-order valence-corrected chi connectivity index (χ2v) is 9.03. The quantitative estimate of drug-likeness (QED) is 0.490. The molecule has 0 spiro atoms. The first kappa shape index (κ1) is 22.8. The Bertz CT molecular complexity index is 1030. The fourth-order valence-electron chi connectivity index (χ4n) is 3.61. The number of carbonyl (C=O) groups excluding carboxylic acids is 2. The summed E-state index contributed by atoms with van der Waals surface area (Å²) < 4.78 is 23.4. The average molecular weight is 430 g/mol. The Balaban J connectivity index is 2.16. The molecule has 0 saturated carbocycles. The van der Waals surface area contributed by atoms with Crippen molar-refractivity contribution in [3.8, 4) is 5.75 Å². The predicted molar refractivity (Wildman–Crippen MR) is 115 cm³/mol. The Hall–Kier alpha value is -2.83. The minimum absolute atomic E-state index is 0.0892. The Kier molecular flexibility index (Phi) is 6.43. The zero-order valence-electron chi connectivity index (χ0n) is 18.9. The van der Waals surface area contributed by atoms with Crippen molar-refractivity contribution in [1.29, 1.82) is 0 Å². The first-order chi connectivity index (χ1) is 14.5. The minimum atomic E-state index is -0.984. The van der Waals surface area contributed by atoms with Crippen LogP contribution in [0.3, 0.4) is 0 Å². The van der Waals surface area contributed by atoms with Crippen LogP contribution in [0.1, 0.15) is 66.1 Å². The van der Waals surface area contributed by atoms with Crippen molar-refractivity contribution in [2.24, 2.45) is 11.8 Å². The molecule has 1 aliphatic heterocycles. The van der Waals surface area contributed by atoms with Gasteiger partial charge in [-0.25, -0.2) is 4.79 Å². The molecule has 0 bridgehead atoms. The lowest BCUT2D eigenvalue weighted by Crippen LogP contribution is -2.52. The molecular formula is C24H30O7. The molecule has 0 N–H and O–H groups in total. The molecule has 168 valence electrons. The molecule has 7 heteroatoms. The summed E-state index contributed by atoms with van der Waals surface area (Å²) in [6, 6.07) is 6.47. The van der Waals surface area contributed by atoms with Crippen LogP contribution in [0.2, 0.25) is 0 Å². The van der Waals surface area contributed by atoms with Gasteiger partial charge in [0.1, 0.15) is 16.9 Å². The third kappa shape index (κ3) is 4.75. The standard InChI is InChI=1S/C24H30O7/c1-7-14(4)23(27)30-22-21(29-18(26)12-13(2)3)19-16(31-24(22,5)6)10-8-15-9-11-17(25)28-20(15)19/h8-11,13-14,21-22H,7,12H2,1-6H3/t14-,21+,22+/m1/s1. The number of hydrogen-bond donors (Lipinski definition) is 0. The lowest BCUT2D eigenvalue weighted by atomic mass is 9.87. The van der Waals surface area contributed by atoms with Gasteiger partial charge in [-0.15, -0.1) is 0 Å². The molecule has 1 aliphatic rings. The summed E-state index contributed by atoms with van der Waals surface area (Å²) in [5.74, 6) is -0.645. The smallest absolute Gasteiger partial charge is 0.336 e. The van der Waals surface area contributed by atoms with Gasteiger partial charge in [0.25, 0.3) is 0 Å². The SMILES string of the molecule is CC[C@@H](C)C(=O)O[C@H]1[C@@H](OC(=O)CC(C)C)c2c(ccc3ccc(=O)oc23)OC1(C)C. The first-order valence-corrected chi connectivity index (χ1v) is 10.7. The molecule has 31 heavy (non-hydrogen) atoms. The summed E-state index contributed by atoms with van der Waals surface area (Å²) in [4.78, 5) is 37.3. The molecule has 1 aromatic heterocycles. The van der Waals surface area contributed by atoms with E-state index in [1.54, 1.807) is 39.0 Å². The van der Waals surface area contributed by atoms with Gasteiger partial charge in [-0.2, -0.15) is 0 Å². The molecule has 2 aromatic rings. The second kappa shape index (κ2) is 8.73. The Morgan fingerprint density at radius 3 is 2.42 bits per heavy atom. The molecule has 7 nitrogen and oxygen atoms in total. The van der Waals surface area contributed by atoms with Crippen LogP contribution in [0, 0.1) is 11.8 Å². The van der Waals surface area contributed by atoms with E-state index in [0.29, 0.717) is 23.1 Å². The summed E-state index contributed by atoms with van der Waals surface area (Å²) >= 11 is 0. The second-order valence-electron chi connectivity index (χ2n) is 9.03. The van der Waals surface area contributed by atoms with Crippen molar-refractivity contribution in [3.05, 3.63) is 40.2 Å². The van der Waals surface area contributed by atoms with Gasteiger partial charge in [0.2, 0.25) is 0 Å². The molecule has 0 unspecified atom stereocenters. The summed E-state index contributed by atoms with van der Waals surface area (Å²) in [6.07, 6.45) is -1.09. The van der Waals surface area contributed by atoms with Crippen molar-refractivity contribution in [3.63, 3.8) is 0 Å². The van der Waals surface area contributed by atoms with E-state index in [-0.39, 0.29) is 23.8 Å². The summed E-state index contributed by atoms with van der Waals surface area (Å²) in [5.41, 5.74) is -0.867. The summed E-state index contributed by atoms with van der Waals surface area (Å²) in [5, 5.41) is 0.651. The van der Waals surface area contributed by atoms with Gasteiger partial charge >= 0.3 is 17.6 Å². The number of fused-ring (bicyclic) bond motifs is 3. The molecule has 2 heterocycles. The maximum atomic E-state index is 12.7. The molecule has 3 atom stereocenters. The number of benzene rings is 1. The van der Waals surface area contributed by atoms with Crippen LogP contribution in [-0.2, 0) is 19.1 Å². The highest BCUT2D eigenvalue weighted by Crippen LogP contribution is 2.46. The van der Waals surface area contributed by atoms with Crippen molar-refractivity contribution in [1.82, 2.24) is 0 Å². The molecule has 0 radical (unpaired) electrons. The van der Waals surface area contributed by atoms with Gasteiger partial charge in [-0.1, -0.05) is 27.7 Å². The van der Waals surface area contributed by atoms with E-state index in [2.05, 4.69) is 0 Å². The molecular weight excluding hydrogens is 400 g/mol. The maximum Gasteiger partial charge on any atom is 0.336 e. The minimum Gasteiger partial charge on any atom is -0.483 e. The van der Waals surface area contributed by atoms with Gasteiger partial charge < -0.3 is 18.6 Å². The van der Waals surface area contributed by atoms with E-state index in [1.807, 2.05) is 20.8 Å². The van der Waals surface area contributed by atoms with Crippen LogP contribution < -0.4 is 10.4 Å².